The van der Waals surface area contributed by atoms with Crippen LogP contribution in [0.4, 0.5) is 5.95 Å². The first-order valence-corrected chi connectivity index (χ1v) is 7.12. The highest BCUT2D eigenvalue weighted by Gasteiger charge is 2.03. The van der Waals surface area contributed by atoms with Crippen molar-refractivity contribution in [1.82, 2.24) is 9.97 Å². The normalized spacial score (nSPS) is 10.4. The summed E-state index contributed by atoms with van der Waals surface area (Å²) in [6.07, 6.45) is 0.947. The van der Waals surface area contributed by atoms with E-state index >= 15 is 0 Å². The largest absolute Gasteiger partial charge is 0.478 e. The number of aromatic nitrogens is 2. The second kappa shape index (κ2) is 7.59. The zero-order chi connectivity index (χ0) is 15.1. The maximum atomic E-state index is 9.02. The summed E-state index contributed by atoms with van der Waals surface area (Å²) in [6, 6.07) is 9.59. The van der Waals surface area contributed by atoms with Gasteiger partial charge in [-0.15, -0.1) is 0 Å². The molecule has 0 aliphatic heterocycles. The molecule has 0 fully saturated rings. The maximum Gasteiger partial charge on any atom is 0.226 e. The summed E-state index contributed by atoms with van der Waals surface area (Å²) in [7, 11) is 0. The molecule has 2 N–H and O–H groups in total. The number of aryl methyl sites for hydroxylation is 1. The van der Waals surface area contributed by atoms with Crippen molar-refractivity contribution in [2.75, 3.05) is 11.9 Å². The summed E-state index contributed by atoms with van der Waals surface area (Å²) >= 11 is 0. The molecule has 0 saturated carbocycles. The van der Waals surface area contributed by atoms with Crippen LogP contribution in [0.5, 0.6) is 5.88 Å². The van der Waals surface area contributed by atoms with Crippen molar-refractivity contribution in [3.05, 3.63) is 47.2 Å². The highest BCUT2D eigenvalue weighted by molar-refractivity contribution is 5.33. The molecule has 1 heterocycles. The summed E-state index contributed by atoms with van der Waals surface area (Å²) in [6.45, 7) is 5.32. The molecule has 0 amide bonds. The molecule has 0 aliphatic rings. The number of aliphatic hydroxyl groups excluding tert-OH is 1. The van der Waals surface area contributed by atoms with Crippen LogP contribution in [0.25, 0.3) is 0 Å². The van der Waals surface area contributed by atoms with Gasteiger partial charge in [0.1, 0.15) is 0 Å². The van der Waals surface area contributed by atoms with Gasteiger partial charge in [-0.25, -0.2) is 4.98 Å². The van der Waals surface area contributed by atoms with E-state index in [4.69, 9.17) is 9.84 Å². The molecule has 112 valence electrons. The average Bonchev–Trinajstić information content (AvgIpc) is 2.51. The molecule has 2 rings (SSSR count). The lowest BCUT2D eigenvalue weighted by Crippen LogP contribution is -2.06. The van der Waals surface area contributed by atoms with Crippen LogP contribution in [0.3, 0.4) is 0 Å². The van der Waals surface area contributed by atoms with Gasteiger partial charge in [0.05, 0.1) is 13.2 Å². The van der Waals surface area contributed by atoms with Crippen LogP contribution in [-0.2, 0) is 13.2 Å². The van der Waals surface area contributed by atoms with Crippen LogP contribution in [0, 0.1) is 6.92 Å². The highest BCUT2D eigenvalue weighted by Crippen LogP contribution is 2.13. The molecule has 0 bridgehead atoms. The zero-order valence-corrected chi connectivity index (χ0v) is 12.5. The number of hydrogen-bond donors (Lipinski definition) is 2. The topological polar surface area (TPSA) is 67.3 Å². The summed E-state index contributed by atoms with van der Waals surface area (Å²) < 4.78 is 5.54. The Morgan fingerprint density at radius 3 is 2.52 bits per heavy atom. The van der Waals surface area contributed by atoms with Gasteiger partial charge in [0.15, 0.2) is 0 Å². The van der Waals surface area contributed by atoms with Crippen LogP contribution in [-0.4, -0.2) is 21.7 Å². The van der Waals surface area contributed by atoms with Crippen molar-refractivity contribution in [3.8, 4) is 5.88 Å². The smallest absolute Gasteiger partial charge is 0.226 e. The van der Waals surface area contributed by atoms with Crippen molar-refractivity contribution >= 4 is 5.95 Å². The van der Waals surface area contributed by atoms with E-state index in [1.165, 1.54) is 0 Å². The Labute approximate surface area is 125 Å². The third kappa shape index (κ3) is 4.72. The Hall–Kier alpha value is -2.14. The molecule has 0 aliphatic carbocycles. The lowest BCUT2D eigenvalue weighted by Gasteiger charge is -2.09. The Morgan fingerprint density at radius 2 is 1.86 bits per heavy atom. The van der Waals surface area contributed by atoms with E-state index in [0.717, 1.165) is 23.2 Å². The molecular formula is C16H21N3O2. The number of benzene rings is 1. The number of rotatable bonds is 7. The summed E-state index contributed by atoms with van der Waals surface area (Å²) in [4.78, 5) is 8.68. The van der Waals surface area contributed by atoms with Gasteiger partial charge in [0, 0.05) is 18.3 Å². The fourth-order valence-electron chi connectivity index (χ4n) is 1.84. The van der Waals surface area contributed by atoms with Gasteiger partial charge in [-0.1, -0.05) is 31.2 Å². The predicted octanol–water partition coefficient (Wildman–Crippen LogP) is 2.68. The van der Waals surface area contributed by atoms with Crippen LogP contribution >= 0.6 is 0 Å². The first-order chi connectivity index (χ1) is 10.2. The quantitative estimate of drug-likeness (QED) is 0.819. The fourth-order valence-corrected chi connectivity index (χ4v) is 1.84. The SMILES string of the molecule is CCCOc1cc(C)nc(NCc2ccc(CO)cc2)n1. The van der Waals surface area contributed by atoms with E-state index in [9.17, 15) is 0 Å². The van der Waals surface area contributed by atoms with Gasteiger partial charge in [-0.3, -0.25) is 0 Å². The third-order valence-electron chi connectivity index (χ3n) is 2.94. The van der Waals surface area contributed by atoms with Crippen LogP contribution in [0.1, 0.15) is 30.2 Å². The molecule has 0 saturated heterocycles. The molecular weight excluding hydrogens is 266 g/mol. The van der Waals surface area contributed by atoms with E-state index in [-0.39, 0.29) is 6.61 Å². The summed E-state index contributed by atoms with van der Waals surface area (Å²) in [5.41, 5.74) is 2.88. The van der Waals surface area contributed by atoms with Gasteiger partial charge in [-0.05, 0) is 24.5 Å². The van der Waals surface area contributed by atoms with Crippen molar-refractivity contribution in [2.45, 2.75) is 33.4 Å². The molecule has 0 unspecified atom stereocenters. The Kier molecular flexibility index (Phi) is 5.51. The minimum absolute atomic E-state index is 0.0623. The Morgan fingerprint density at radius 1 is 1.14 bits per heavy atom. The number of nitrogens with one attached hydrogen (secondary N) is 1. The second-order valence-corrected chi connectivity index (χ2v) is 4.85. The molecule has 0 spiro atoms. The highest BCUT2D eigenvalue weighted by atomic mass is 16.5. The third-order valence-corrected chi connectivity index (χ3v) is 2.94. The van der Waals surface area contributed by atoms with E-state index < -0.39 is 0 Å². The van der Waals surface area contributed by atoms with E-state index in [0.29, 0.717) is 25.0 Å². The van der Waals surface area contributed by atoms with Gasteiger partial charge in [0.2, 0.25) is 11.8 Å². The minimum Gasteiger partial charge on any atom is -0.478 e. The van der Waals surface area contributed by atoms with Gasteiger partial charge in [0.25, 0.3) is 0 Å². The molecule has 5 heteroatoms. The van der Waals surface area contributed by atoms with Crippen molar-refractivity contribution in [1.29, 1.82) is 0 Å². The van der Waals surface area contributed by atoms with Crippen LogP contribution in [0.15, 0.2) is 30.3 Å². The number of nitrogens with zero attached hydrogens (tertiary/aromatic N) is 2. The van der Waals surface area contributed by atoms with Crippen molar-refractivity contribution < 1.29 is 9.84 Å². The van der Waals surface area contributed by atoms with Crippen LogP contribution in [0.2, 0.25) is 0 Å². The van der Waals surface area contributed by atoms with Gasteiger partial charge in [-0.2, -0.15) is 4.98 Å². The number of hydrogen-bond acceptors (Lipinski definition) is 5. The number of anilines is 1. The standard InChI is InChI=1S/C16H21N3O2/c1-3-8-21-15-9-12(2)18-16(19-15)17-10-13-4-6-14(11-20)7-5-13/h4-7,9,20H,3,8,10-11H2,1-2H3,(H,17,18,19). The van der Waals surface area contributed by atoms with Gasteiger partial charge < -0.3 is 15.2 Å². The number of aliphatic hydroxyl groups is 1. The second-order valence-electron chi connectivity index (χ2n) is 4.85. The maximum absolute atomic E-state index is 9.02. The van der Waals surface area contributed by atoms with Crippen LogP contribution < -0.4 is 10.1 Å². The molecule has 2 aromatic rings. The zero-order valence-electron chi connectivity index (χ0n) is 12.5. The minimum atomic E-state index is 0.0623. The van der Waals surface area contributed by atoms with Crippen molar-refractivity contribution in [2.24, 2.45) is 0 Å². The molecule has 1 aromatic heterocycles. The number of ether oxygens (including phenoxy) is 1. The molecule has 0 atom stereocenters. The molecule has 0 radical (unpaired) electrons. The first-order valence-electron chi connectivity index (χ1n) is 7.12. The molecule has 21 heavy (non-hydrogen) atoms. The fraction of sp³-hybridized carbons (Fsp3) is 0.375. The van der Waals surface area contributed by atoms with Gasteiger partial charge >= 0.3 is 0 Å². The first kappa shape index (κ1) is 15.3. The lowest BCUT2D eigenvalue weighted by molar-refractivity contribution is 0.282. The molecule has 1 aromatic carbocycles. The van der Waals surface area contributed by atoms with E-state index in [1.807, 2.05) is 37.3 Å². The summed E-state index contributed by atoms with van der Waals surface area (Å²) in [5, 5.41) is 12.2. The summed E-state index contributed by atoms with van der Waals surface area (Å²) in [5.74, 6) is 1.16. The van der Waals surface area contributed by atoms with Crippen molar-refractivity contribution in [3.63, 3.8) is 0 Å². The Balaban J connectivity index is 1.99. The van der Waals surface area contributed by atoms with E-state index in [2.05, 4.69) is 22.2 Å². The monoisotopic (exact) mass is 287 g/mol. The predicted molar refractivity (Wildman–Crippen MR) is 82.2 cm³/mol. The average molecular weight is 287 g/mol. The lowest BCUT2D eigenvalue weighted by atomic mass is 10.1. The Bertz CT molecular complexity index is 570. The van der Waals surface area contributed by atoms with E-state index in [1.54, 1.807) is 0 Å². The molecule has 5 nitrogen and oxygen atoms in total.